The van der Waals surface area contributed by atoms with Crippen LogP contribution >= 0.6 is 0 Å². The number of aliphatic hydroxyl groups excluding tert-OH is 1. The number of nitrogens with one attached hydrogen (secondary N) is 1. The standard InChI is InChI=1S/C30H36N4O6/c1-19-16-34(20(2)18-35)29(36)26-14-22(21-7-6-8-25(13-21)39-5)15-31-28(26)40-27(19)17-33(3)30(37)32-23-9-11-24(38-4)12-10-23/h6-15,19-20,27,35H,16-18H2,1-5H3,(H,32,37)/t19-,20+,27-/m0/s1. The Labute approximate surface area is 234 Å². The topological polar surface area (TPSA) is 113 Å². The normalized spacial score (nSPS) is 17.6. The van der Waals surface area contributed by atoms with Crippen LogP contribution in [0, 0.1) is 5.92 Å². The Hall–Kier alpha value is -4.31. The summed E-state index contributed by atoms with van der Waals surface area (Å²) in [5, 5.41) is 12.8. The Morgan fingerprint density at radius 1 is 1.15 bits per heavy atom. The number of pyridine rings is 1. The van der Waals surface area contributed by atoms with Crippen molar-refractivity contribution in [1.82, 2.24) is 14.8 Å². The highest BCUT2D eigenvalue weighted by Crippen LogP contribution is 2.31. The molecular weight excluding hydrogens is 512 g/mol. The average molecular weight is 549 g/mol. The molecule has 1 aliphatic heterocycles. The lowest BCUT2D eigenvalue weighted by atomic mass is 9.99. The Morgan fingerprint density at radius 2 is 1.88 bits per heavy atom. The second-order valence-corrected chi connectivity index (χ2v) is 9.97. The molecular formula is C30H36N4O6. The van der Waals surface area contributed by atoms with Gasteiger partial charge in [-0.3, -0.25) is 4.79 Å². The molecule has 0 fully saturated rings. The van der Waals surface area contributed by atoms with Gasteiger partial charge in [0.2, 0.25) is 5.88 Å². The van der Waals surface area contributed by atoms with Gasteiger partial charge in [0.05, 0.1) is 33.4 Å². The molecule has 10 heteroatoms. The third-order valence-electron chi connectivity index (χ3n) is 7.07. The molecule has 2 N–H and O–H groups in total. The quantitative estimate of drug-likeness (QED) is 0.435. The number of methoxy groups -OCH3 is 2. The summed E-state index contributed by atoms with van der Waals surface area (Å²) in [6.45, 7) is 4.15. The zero-order chi connectivity index (χ0) is 28.8. The first-order valence-corrected chi connectivity index (χ1v) is 13.1. The van der Waals surface area contributed by atoms with Crippen molar-refractivity contribution in [2.45, 2.75) is 26.0 Å². The van der Waals surface area contributed by atoms with Gasteiger partial charge in [-0.05, 0) is 55.0 Å². The molecule has 0 saturated carbocycles. The van der Waals surface area contributed by atoms with Crippen LogP contribution in [0.1, 0.15) is 24.2 Å². The average Bonchev–Trinajstić information content (AvgIpc) is 2.98. The lowest BCUT2D eigenvalue weighted by molar-refractivity contribution is 0.0356. The van der Waals surface area contributed by atoms with Crippen LogP contribution in [0.15, 0.2) is 60.8 Å². The fourth-order valence-electron chi connectivity index (χ4n) is 4.53. The summed E-state index contributed by atoms with van der Waals surface area (Å²) in [6.07, 6.45) is 1.19. The predicted molar refractivity (Wildman–Crippen MR) is 152 cm³/mol. The van der Waals surface area contributed by atoms with E-state index in [4.69, 9.17) is 14.2 Å². The summed E-state index contributed by atoms with van der Waals surface area (Å²) < 4.78 is 16.9. The predicted octanol–water partition coefficient (Wildman–Crippen LogP) is 4.15. The van der Waals surface area contributed by atoms with Crippen LogP contribution in [0.2, 0.25) is 0 Å². The van der Waals surface area contributed by atoms with E-state index in [2.05, 4.69) is 10.3 Å². The van der Waals surface area contributed by atoms with Crippen LogP contribution in [0.3, 0.4) is 0 Å². The highest BCUT2D eigenvalue weighted by molar-refractivity contribution is 5.98. The molecule has 0 bridgehead atoms. The van der Waals surface area contributed by atoms with Gasteiger partial charge in [-0.1, -0.05) is 19.1 Å². The Bertz CT molecular complexity index is 1330. The van der Waals surface area contributed by atoms with E-state index < -0.39 is 12.1 Å². The van der Waals surface area contributed by atoms with Gasteiger partial charge in [0.1, 0.15) is 23.2 Å². The fraction of sp³-hybridized carbons (Fsp3) is 0.367. The summed E-state index contributed by atoms with van der Waals surface area (Å²) in [7, 11) is 4.87. The van der Waals surface area contributed by atoms with Crippen LogP contribution in [-0.2, 0) is 0 Å². The van der Waals surface area contributed by atoms with Crippen molar-refractivity contribution in [3.05, 3.63) is 66.4 Å². The Morgan fingerprint density at radius 3 is 2.55 bits per heavy atom. The maximum atomic E-state index is 13.7. The summed E-state index contributed by atoms with van der Waals surface area (Å²) in [6, 6.07) is 15.6. The van der Waals surface area contributed by atoms with Crippen LogP contribution in [0.25, 0.3) is 11.1 Å². The molecule has 0 radical (unpaired) electrons. The van der Waals surface area contributed by atoms with E-state index in [0.717, 1.165) is 11.1 Å². The molecule has 3 amide bonds. The number of aliphatic hydroxyl groups is 1. The Kier molecular flexibility index (Phi) is 9.11. The van der Waals surface area contributed by atoms with Gasteiger partial charge in [0.25, 0.3) is 5.91 Å². The van der Waals surface area contributed by atoms with Gasteiger partial charge >= 0.3 is 6.03 Å². The largest absolute Gasteiger partial charge is 0.497 e. The number of amides is 3. The number of urea groups is 1. The van der Waals surface area contributed by atoms with Gasteiger partial charge < -0.3 is 34.4 Å². The number of rotatable bonds is 8. The van der Waals surface area contributed by atoms with Crippen molar-refractivity contribution in [1.29, 1.82) is 0 Å². The Balaban J connectivity index is 1.61. The maximum Gasteiger partial charge on any atom is 0.321 e. The molecule has 1 aliphatic rings. The second-order valence-electron chi connectivity index (χ2n) is 9.97. The minimum Gasteiger partial charge on any atom is -0.497 e. The maximum absolute atomic E-state index is 13.7. The minimum atomic E-state index is -0.470. The fourth-order valence-corrected chi connectivity index (χ4v) is 4.53. The summed E-state index contributed by atoms with van der Waals surface area (Å²) in [5.41, 5.74) is 2.50. The van der Waals surface area contributed by atoms with E-state index in [0.29, 0.717) is 29.3 Å². The number of aromatic nitrogens is 1. The molecule has 212 valence electrons. The third kappa shape index (κ3) is 6.45. The first kappa shape index (κ1) is 28.7. The molecule has 2 heterocycles. The van der Waals surface area contributed by atoms with Crippen molar-refractivity contribution in [2.24, 2.45) is 5.92 Å². The molecule has 3 aromatic rings. The molecule has 0 spiro atoms. The number of anilines is 1. The molecule has 0 unspecified atom stereocenters. The van der Waals surface area contributed by atoms with E-state index in [-0.39, 0.29) is 36.9 Å². The first-order chi connectivity index (χ1) is 19.2. The number of ether oxygens (including phenoxy) is 3. The molecule has 3 atom stereocenters. The van der Waals surface area contributed by atoms with Crippen LogP contribution < -0.4 is 19.5 Å². The van der Waals surface area contributed by atoms with Gasteiger partial charge in [-0.15, -0.1) is 0 Å². The summed E-state index contributed by atoms with van der Waals surface area (Å²) in [4.78, 5) is 34.4. The summed E-state index contributed by atoms with van der Waals surface area (Å²) in [5.74, 6) is 1.13. The number of carbonyl (C=O) groups excluding carboxylic acids is 2. The highest BCUT2D eigenvalue weighted by atomic mass is 16.5. The van der Waals surface area contributed by atoms with E-state index in [9.17, 15) is 14.7 Å². The number of fused-ring (bicyclic) bond motifs is 1. The highest BCUT2D eigenvalue weighted by Gasteiger charge is 2.35. The number of benzene rings is 2. The van der Waals surface area contributed by atoms with Gasteiger partial charge in [0.15, 0.2) is 0 Å². The number of carbonyl (C=O) groups is 2. The molecule has 0 saturated heterocycles. The smallest absolute Gasteiger partial charge is 0.321 e. The lowest BCUT2D eigenvalue weighted by Crippen LogP contribution is -2.50. The SMILES string of the molecule is COc1ccc(NC(=O)N(C)C[C@@H]2Oc3ncc(-c4cccc(OC)c4)cc3C(=O)N([C@H](C)CO)C[C@@H]2C)cc1. The zero-order valence-electron chi connectivity index (χ0n) is 23.5. The lowest BCUT2D eigenvalue weighted by Gasteiger charge is -2.37. The van der Waals surface area contributed by atoms with E-state index in [1.165, 1.54) is 0 Å². The molecule has 1 aromatic heterocycles. The molecule has 40 heavy (non-hydrogen) atoms. The van der Waals surface area contributed by atoms with Crippen molar-refractivity contribution in [3.63, 3.8) is 0 Å². The van der Waals surface area contributed by atoms with Crippen molar-refractivity contribution in [2.75, 3.05) is 46.3 Å². The van der Waals surface area contributed by atoms with Crippen LogP contribution in [0.4, 0.5) is 10.5 Å². The van der Waals surface area contributed by atoms with Crippen LogP contribution in [-0.4, -0.2) is 84.9 Å². The zero-order valence-corrected chi connectivity index (χ0v) is 23.5. The second kappa shape index (κ2) is 12.7. The molecule has 4 rings (SSSR count). The first-order valence-electron chi connectivity index (χ1n) is 13.1. The van der Waals surface area contributed by atoms with E-state index >= 15 is 0 Å². The molecule has 2 aromatic carbocycles. The van der Waals surface area contributed by atoms with E-state index in [1.807, 2.05) is 31.2 Å². The van der Waals surface area contributed by atoms with Gasteiger partial charge in [-0.2, -0.15) is 0 Å². The van der Waals surface area contributed by atoms with Crippen molar-refractivity contribution in [3.8, 4) is 28.5 Å². The number of likely N-dealkylation sites (N-methyl/N-ethyl adjacent to an activating group) is 1. The molecule has 10 nitrogen and oxygen atoms in total. The van der Waals surface area contributed by atoms with Gasteiger partial charge in [-0.25, -0.2) is 9.78 Å². The minimum absolute atomic E-state index is 0.165. The monoisotopic (exact) mass is 548 g/mol. The van der Waals surface area contributed by atoms with Crippen LogP contribution in [0.5, 0.6) is 17.4 Å². The van der Waals surface area contributed by atoms with Crippen molar-refractivity contribution < 1.29 is 28.9 Å². The third-order valence-corrected chi connectivity index (χ3v) is 7.07. The van der Waals surface area contributed by atoms with E-state index in [1.54, 1.807) is 74.5 Å². The summed E-state index contributed by atoms with van der Waals surface area (Å²) >= 11 is 0. The van der Waals surface area contributed by atoms with Crippen molar-refractivity contribution >= 4 is 17.6 Å². The molecule has 0 aliphatic carbocycles. The van der Waals surface area contributed by atoms with Gasteiger partial charge in [0, 0.05) is 37.0 Å². The number of nitrogens with zero attached hydrogens (tertiary/aromatic N) is 3. The number of hydrogen-bond donors (Lipinski definition) is 2. The number of hydrogen-bond acceptors (Lipinski definition) is 7.